The summed E-state index contributed by atoms with van der Waals surface area (Å²) in [6, 6.07) is 25.6. The monoisotopic (exact) mass is 611 g/mol. The van der Waals surface area contributed by atoms with E-state index in [9.17, 15) is 24.0 Å². The molecule has 222 valence electrons. The SMILES string of the molecule is COc1cccc(C(=O)Oc2ccc(C(=O)COC(=O)[C@H]3CC(=O)N(c4ccc(Cl)cc4C(=O)c4ccccc4)C3)cc2)c1. The number of benzene rings is 4. The van der Waals surface area contributed by atoms with Gasteiger partial charge in [-0.3, -0.25) is 19.2 Å². The molecule has 1 atom stereocenters. The Labute approximate surface area is 257 Å². The maximum Gasteiger partial charge on any atom is 0.343 e. The van der Waals surface area contributed by atoms with Crippen LogP contribution in [0, 0.1) is 5.92 Å². The van der Waals surface area contributed by atoms with Gasteiger partial charge in [-0.15, -0.1) is 0 Å². The van der Waals surface area contributed by atoms with E-state index < -0.39 is 30.2 Å². The van der Waals surface area contributed by atoms with Gasteiger partial charge in [0, 0.05) is 34.7 Å². The number of ketones is 2. The topological polar surface area (TPSA) is 116 Å². The second-order valence-corrected chi connectivity index (χ2v) is 10.4. The van der Waals surface area contributed by atoms with Gasteiger partial charge >= 0.3 is 11.9 Å². The molecule has 0 saturated carbocycles. The van der Waals surface area contributed by atoms with Crippen molar-refractivity contribution in [3.63, 3.8) is 0 Å². The van der Waals surface area contributed by atoms with Crippen LogP contribution in [0.5, 0.6) is 11.5 Å². The molecular weight excluding hydrogens is 586 g/mol. The van der Waals surface area contributed by atoms with E-state index in [4.69, 9.17) is 25.8 Å². The zero-order valence-electron chi connectivity index (χ0n) is 23.5. The summed E-state index contributed by atoms with van der Waals surface area (Å²) in [5.41, 5.74) is 1.55. The Morgan fingerprint density at radius 1 is 0.818 bits per heavy atom. The average molecular weight is 612 g/mol. The highest BCUT2D eigenvalue weighted by atomic mass is 35.5. The van der Waals surface area contributed by atoms with Crippen molar-refractivity contribution in [1.82, 2.24) is 0 Å². The van der Waals surface area contributed by atoms with Crippen LogP contribution in [0.2, 0.25) is 5.02 Å². The van der Waals surface area contributed by atoms with Crippen molar-refractivity contribution in [2.75, 3.05) is 25.2 Å². The lowest BCUT2D eigenvalue weighted by atomic mass is 10.0. The Morgan fingerprint density at radius 2 is 1.55 bits per heavy atom. The molecule has 1 aliphatic heterocycles. The molecule has 4 aromatic rings. The summed E-state index contributed by atoms with van der Waals surface area (Å²) in [5.74, 6) is -2.53. The molecule has 1 fully saturated rings. The molecule has 4 aromatic carbocycles. The van der Waals surface area contributed by atoms with Crippen LogP contribution in [0.3, 0.4) is 0 Å². The highest BCUT2D eigenvalue weighted by Gasteiger charge is 2.38. The number of amides is 1. The minimum atomic E-state index is -0.830. The van der Waals surface area contributed by atoms with Crippen molar-refractivity contribution < 1.29 is 38.2 Å². The van der Waals surface area contributed by atoms with E-state index in [2.05, 4.69) is 0 Å². The van der Waals surface area contributed by atoms with Crippen LogP contribution < -0.4 is 14.4 Å². The highest BCUT2D eigenvalue weighted by Crippen LogP contribution is 2.32. The summed E-state index contributed by atoms with van der Waals surface area (Å²) >= 11 is 6.17. The number of esters is 2. The number of methoxy groups -OCH3 is 1. The standard InChI is InChI=1S/C34H26ClNO8/c1-42-27-9-5-8-23(16-27)34(41)44-26-13-10-21(11-14-26)30(37)20-43-33(40)24-17-31(38)36(19-24)29-15-12-25(35)18-28(29)32(39)22-6-3-2-4-7-22/h2-16,18,24H,17,19-20H2,1H3/t24-/m0/s1. The first-order chi connectivity index (χ1) is 21.2. The van der Waals surface area contributed by atoms with Gasteiger partial charge in [0.05, 0.1) is 24.3 Å². The lowest BCUT2D eigenvalue weighted by Crippen LogP contribution is -2.28. The van der Waals surface area contributed by atoms with Gasteiger partial charge < -0.3 is 19.1 Å². The quantitative estimate of drug-likeness (QED) is 0.130. The summed E-state index contributed by atoms with van der Waals surface area (Å²) in [6.45, 7) is -0.554. The third-order valence-corrected chi connectivity index (χ3v) is 7.26. The van der Waals surface area contributed by atoms with Crippen LogP contribution in [0.25, 0.3) is 0 Å². The molecule has 0 spiro atoms. The molecule has 9 nitrogen and oxygen atoms in total. The predicted molar refractivity (Wildman–Crippen MR) is 161 cm³/mol. The summed E-state index contributed by atoms with van der Waals surface area (Å²) < 4.78 is 15.7. The molecule has 0 N–H and O–H groups in total. The molecule has 1 aliphatic rings. The van der Waals surface area contributed by atoms with Crippen molar-refractivity contribution in [3.05, 3.63) is 124 Å². The molecule has 1 heterocycles. The number of hydrogen-bond acceptors (Lipinski definition) is 8. The van der Waals surface area contributed by atoms with Crippen molar-refractivity contribution in [3.8, 4) is 11.5 Å². The first-order valence-electron chi connectivity index (χ1n) is 13.6. The van der Waals surface area contributed by atoms with E-state index in [1.807, 2.05) is 0 Å². The van der Waals surface area contributed by atoms with Crippen LogP contribution in [0.1, 0.15) is 43.1 Å². The van der Waals surface area contributed by atoms with E-state index in [0.717, 1.165) is 0 Å². The van der Waals surface area contributed by atoms with Crippen LogP contribution in [-0.4, -0.2) is 49.7 Å². The Kier molecular flexibility index (Phi) is 9.16. The number of rotatable bonds is 10. The van der Waals surface area contributed by atoms with Gasteiger partial charge in [0.1, 0.15) is 11.5 Å². The summed E-state index contributed by atoms with van der Waals surface area (Å²) in [7, 11) is 1.49. The van der Waals surface area contributed by atoms with Gasteiger partial charge in [-0.2, -0.15) is 0 Å². The number of nitrogens with zero attached hydrogens (tertiary/aromatic N) is 1. The van der Waals surface area contributed by atoms with Crippen LogP contribution in [0.15, 0.2) is 97.1 Å². The molecule has 1 saturated heterocycles. The second kappa shape index (κ2) is 13.4. The second-order valence-electron chi connectivity index (χ2n) is 9.94. The van der Waals surface area contributed by atoms with Gasteiger partial charge in [0.15, 0.2) is 18.2 Å². The third kappa shape index (κ3) is 6.85. The molecule has 0 radical (unpaired) electrons. The molecule has 0 bridgehead atoms. The van der Waals surface area contributed by atoms with Gasteiger partial charge in [-0.25, -0.2) is 4.79 Å². The molecule has 0 unspecified atom stereocenters. The van der Waals surface area contributed by atoms with Crippen molar-refractivity contribution in [2.45, 2.75) is 6.42 Å². The normalized spacial score (nSPS) is 14.2. The first kappa shape index (κ1) is 30.2. The Hall–Kier alpha value is -5.28. The van der Waals surface area contributed by atoms with E-state index in [1.165, 1.54) is 42.3 Å². The Balaban J connectivity index is 1.18. The molecule has 1 amide bonds. The Morgan fingerprint density at radius 3 is 2.27 bits per heavy atom. The number of carbonyl (C=O) groups excluding carboxylic acids is 5. The summed E-state index contributed by atoms with van der Waals surface area (Å²) in [6.07, 6.45) is -0.137. The fourth-order valence-corrected chi connectivity index (χ4v) is 4.90. The van der Waals surface area contributed by atoms with Crippen LogP contribution in [0.4, 0.5) is 5.69 Å². The van der Waals surface area contributed by atoms with E-state index >= 15 is 0 Å². The average Bonchev–Trinajstić information content (AvgIpc) is 3.45. The van der Waals surface area contributed by atoms with Crippen LogP contribution in [-0.2, 0) is 14.3 Å². The maximum atomic E-state index is 13.2. The smallest absolute Gasteiger partial charge is 0.343 e. The molecule has 5 rings (SSSR count). The largest absolute Gasteiger partial charge is 0.497 e. The molecule has 0 aromatic heterocycles. The number of Topliss-reactive ketones (excluding diaryl/α,β-unsaturated/α-hetero) is 1. The molecule has 0 aliphatic carbocycles. The number of halogens is 1. The summed E-state index contributed by atoms with van der Waals surface area (Å²) in [4.78, 5) is 65.5. The lowest BCUT2D eigenvalue weighted by molar-refractivity contribution is -0.147. The van der Waals surface area contributed by atoms with Gasteiger partial charge in [-0.05, 0) is 60.7 Å². The zero-order valence-corrected chi connectivity index (χ0v) is 24.3. The molecular formula is C34H26ClNO8. The predicted octanol–water partition coefficient (Wildman–Crippen LogP) is 5.58. The fourth-order valence-electron chi connectivity index (χ4n) is 4.73. The van der Waals surface area contributed by atoms with Crippen LogP contribution >= 0.6 is 11.6 Å². The highest BCUT2D eigenvalue weighted by molar-refractivity contribution is 6.31. The van der Waals surface area contributed by atoms with Crippen molar-refractivity contribution in [2.24, 2.45) is 5.92 Å². The maximum absolute atomic E-state index is 13.2. The first-order valence-corrected chi connectivity index (χ1v) is 14.0. The number of carbonyl (C=O) groups is 5. The minimum absolute atomic E-state index is 0.0179. The zero-order chi connectivity index (χ0) is 31.2. The number of ether oxygens (including phenoxy) is 3. The van der Waals surface area contributed by atoms with Crippen molar-refractivity contribution in [1.29, 1.82) is 0 Å². The van der Waals surface area contributed by atoms with Gasteiger partial charge in [-0.1, -0.05) is 48.0 Å². The van der Waals surface area contributed by atoms with E-state index in [-0.39, 0.29) is 41.5 Å². The van der Waals surface area contributed by atoms with E-state index in [1.54, 1.807) is 66.7 Å². The minimum Gasteiger partial charge on any atom is -0.497 e. The van der Waals surface area contributed by atoms with Crippen molar-refractivity contribution >= 4 is 46.7 Å². The lowest BCUT2D eigenvalue weighted by Gasteiger charge is -2.20. The summed E-state index contributed by atoms with van der Waals surface area (Å²) in [5, 5.41) is 0.331. The molecule has 10 heteroatoms. The fraction of sp³-hybridized carbons (Fsp3) is 0.147. The van der Waals surface area contributed by atoms with Gasteiger partial charge in [0.25, 0.3) is 0 Å². The Bertz CT molecular complexity index is 1740. The van der Waals surface area contributed by atoms with Gasteiger partial charge in [0.2, 0.25) is 5.91 Å². The number of hydrogen-bond donors (Lipinski definition) is 0. The third-order valence-electron chi connectivity index (χ3n) is 7.03. The number of anilines is 1. The molecule has 44 heavy (non-hydrogen) atoms. The van der Waals surface area contributed by atoms with E-state index in [0.29, 0.717) is 27.6 Å².